The number of likely N-dealkylation sites (tertiary alicyclic amines) is 1. The Morgan fingerprint density at radius 1 is 1.11 bits per heavy atom. The second kappa shape index (κ2) is 12.5. The van der Waals surface area contributed by atoms with Crippen LogP contribution in [0.4, 0.5) is 5.82 Å². The Balaban J connectivity index is 1.20. The highest BCUT2D eigenvalue weighted by atomic mass is 79.9. The third-order valence-electron chi connectivity index (χ3n) is 9.60. The van der Waals surface area contributed by atoms with Gasteiger partial charge in [0.25, 0.3) is 0 Å². The lowest BCUT2D eigenvalue weighted by Crippen LogP contribution is -2.47. The van der Waals surface area contributed by atoms with Gasteiger partial charge in [-0.3, -0.25) is 19.1 Å². The minimum absolute atomic E-state index is 0.0541. The zero-order valence-electron chi connectivity index (χ0n) is 26.7. The van der Waals surface area contributed by atoms with Crippen molar-refractivity contribution in [2.45, 2.75) is 64.8 Å². The molecule has 0 radical (unpaired) electrons. The van der Waals surface area contributed by atoms with Crippen molar-refractivity contribution in [2.75, 3.05) is 32.1 Å². The third kappa shape index (κ3) is 6.19. The first kappa shape index (κ1) is 31.5. The highest BCUT2D eigenvalue weighted by Crippen LogP contribution is 2.60. The molecule has 47 heavy (non-hydrogen) atoms. The van der Waals surface area contributed by atoms with Crippen molar-refractivity contribution < 1.29 is 19.1 Å². The lowest BCUT2D eigenvalue weighted by molar-refractivity contribution is -0.138. The van der Waals surface area contributed by atoms with Crippen LogP contribution in [-0.2, 0) is 27.5 Å². The molecule has 244 valence electrons. The SMILES string of the molecule is CC(=O)c1nn(CC(=O)N2C3C[C@]34C[C@H]2C(=O)Nc2nc(Br)ccc2COCCCCN(C)C4)c2ccc(-c3cnc(C)nc3)cc12. The van der Waals surface area contributed by atoms with E-state index < -0.39 is 6.04 Å². The summed E-state index contributed by atoms with van der Waals surface area (Å²) in [6.45, 7) is 5.87. The molecule has 1 N–H and O–H groups in total. The molecule has 3 atom stereocenters. The quantitative estimate of drug-likeness (QED) is 0.243. The molecule has 1 saturated heterocycles. The Bertz CT molecular complexity index is 1880. The van der Waals surface area contributed by atoms with Gasteiger partial charge in [-0.2, -0.15) is 5.10 Å². The van der Waals surface area contributed by atoms with E-state index >= 15 is 0 Å². The first-order valence-corrected chi connectivity index (χ1v) is 16.8. The number of pyridine rings is 1. The maximum absolute atomic E-state index is 14.3. The number of nitrogens with one attached hydrogen (secondary N) is 1. The molecule has 2 bridgehead atoms. The van der Waals surface area contributed by atoms with Crippen LogP contribution < -0.4 is 5.32 Å². The Labute approximate surface area is 281 Å². The number of carbonyl (C=O) groups is 3. The summed E-state index contributed by atoms with van der Waals surface area (Å²) in [5.41, 5.74) is 3.24. The highest BCUT2D eigenvalue weighted by Gasteiger charge is 2.67. The molecule has 1 aromatic carbocycles. The van der Waals surface area contributed by atoms with Crippen LogP contribution >= 0.6 is 15.9 Å². The molecule has 1 aliphatic carbocycles. The highest BCUT2D eigenvalue weighted by molar-refractivity contribution is 9.10. The monoisotopic (exact) mass is 700 g/mol. The van der Waals surface area contributed by atoms with E-state index in [1.807, 2.05) is 37.3 Å². The van der Waals surface area contributed by atoms with Gasteiger partial charge < -0.3 is 19.9 Å². The average molecular weight is 702 g/mol. The number of halogens is 1. The zero-order valence-corrected chi connectivity index (χ0v) is 28.3. The van der Waals surface area contributed by atoms with E-state index in [0.717, 1.165) is 49.0 Å². The summed E-state index contributed by atoms with van der Waals surface area (Å²) in [7, 11) is 2.11. The van der Waals surface area contributed by atoms with E-state index in [2.05, 4.69) is 53.2 Å². The van der Waals surface area contributed by atoms with Crippen LogP contribution in [0.5, 0.6) is 0 Å². The zero-order chi connectivity index (χ0) is 32.9. The molecule has 1 spiro atoms. The molecule has 1 unspecified atom stereocenters. The van der Waals surface area contributed by atoms with Crippen LogP contribution in [0.15, 0.2) is 47.3 Å². The number of hydrogen-bond donors (Lipinski definition) is 1. The number of hydrogen-bond acceptors (Lipinski definition) is 9. The lowest BCUT2D eigenvalue weighted by atomic mass is 9.98. The standard InChI is InChI=1S/C34H37BrN8O4/c1-20(44)31-25-12-22(24-15-36-21(2)37-16-24)6-8-26(25)42(40-31)17-30(45)43-27-13-34(14-28(34)43)19-41(3)10-4-5-11-47-18-23-7-9-29(35)38-32(23)39-33(27)46/h6-9,12,15-16,27-28H,4-5,10-11,13-14,17-19H2,1-3H3,(H,38,39,46)/t27-,28?,34-/m0/s1. The number of fused-ring (bicyclic) bond motifs is 3. The molecule has 2 aliphatic heterocycles. The van der Waals surface area contributed by atoms with Gasteiger partial charge in [0, 0.05) is 60.4 Å². The van der Waals surface area contributed by atoms with E-state index in [4.69, 9.17) is 4.74 Å². The summed E-state index contributed by atoms with van der Waals surface area (Å²) in [5, 5.41) is 8.29. The number of ether oxygens (including phenoxy) is 1. The topological polar surface area (TPSA) is 135 Å². The lowest BCUT2D eigenvalue weighted by Gasteiger charge is -2.27. The third-order valence-corrected chi connectivity index (χ3v) is 10.0. The molecule has 5 heterocycles. The number of amides is 2. The second-order valence-corrected chi connectivity index (χ2v) is 13.9. The molecule has 13 heteroatoms. The number of rotatable bonds is 4. The van der Waals surface area contributed by atoms with Crippen molar-refractivity contribution in [1.29, 1.82) is 0 Å². The summed E-state index contributed by atoms with van der Waals surface area (Å²) in [6, 6.07) is 8.67. The molecule has 3 aliphatic rings. The van der Waals surface area contributed by atoms with Gasteiger partial charge in [-0.05, 0) is 85.9 Å². The number of benzene rings is 1. The minimum atomic E-state index is -0.670. The van der Waals surface area contributed by atoms with E-state index in [9.17, 15) is 14.4 Å². The Hall–Kier alpha value is -4.07. The molecule has 1 saturated carbocycles. The molecule has 4 aromatic rings. The predicted octanol–water partition coefficient (Wildman–Crippen LogP) is 4.40. The van der Waals surface area contributed by atoms with E-state index in [0.29, 0.717) is 46.8 Å². The Morgan fingerprint density at radius 2 is 1.91 bits per heavy atom. The van der Waals surface area contributed by atoms with E-state index in [-0.39, 0.29) is 41.3 Å². The molecule has 12 nitrogen and oxygen atoms in total. The molecule has 3 aromatic heterocycles. The number of Topliss-reactive ketones (excluding diaryl/α,β-unsaturated/α-hetero) is 1. The molecular weight excluding hydrogens is 664 g/mol. The summed E-state index contributed by atoms with van der Waals surface area (Å²) in [6.07, 6.45) is 6.83. The van der Waals surface area contributed by atoms with Crippen LogP contribution in [0.3, 0.4) is 0 Å². The fourth-order valence-electron chi connectivity index (χ4n) is 7.20. The van der Waals surface area contributed by atoms with E-state index in [1.165, 1.54) is 6.92 Å². The van der Waals surface area contributed by atoms with Crippen molar-refractivity contribution in [3.05, 3.63) is 64.4 Å². The van der Waals surface area contributed by atoms with Gasteiger partial charge in [0.1, 0.15) is 34.5 Å². The van der Waals surface area contributed by atoms with Crippen molar-refractivity contribution >= 4 is 50.2 Å². The Morgan fingerprint density at radius 3 is 2.70 bits per heavy atom. The van der Waals surface area contributed by atoms with Gasteiger partial charge in [0.15, 0.2) is 5.78 Å². The number of aryl methyl sites for hydroxylation is 1. The number of carbonyl (C=O) groups excluding carboxylic acids is 3. The van der Waals surface area contributed by atoms with Gasteiger partial charge in [0.2, 0.25) is 11.8 Å². The normalized spacial score (nSPS) is 23.4. The minimum Gasteiger partial charge on any atom is -0.377 e. The fourth-order valence-corrected chi connectivity index (χ4v) is 7.51. The maximum atomic E-state index is 14.3. The Kier molecular flexibility index (Phi) is 8.39. The predicted molar refractivity (Wildman–Crippen MR) is 179 cm³/mol. The summed E-state index contributed by atoms with van der Waals surface area (Å²) in [4.78, 5) is 58.2. The summed E-state index contributed by atoms with van der Waals surface area (Å²) in [5.74, 6) is 0.420. The van der Waals surface area contributed by atoms with Crippen LogP contribution in [0.2, 0.25) is 0 Å². The number of ketones is 1. The van der Waals surface area contributed by atoms with Crippen LogP contribution in [-0.4, -0.2) is 91.0 Å². The maximum Gasteiger partial charge on any atom is 0.248 e. The van der Waals surface area contributed by atoms with Crippen LogP contribution in [0.1, 0.15) is 54.5 Å². The van der Waals surface area contributed by atoms with Gasteiger partial charge in [-0.1, -0.05) is 12.1 Å². The molecule has 2 amide bonds. The van der Waals surface area contributed by atoms with Gasteiger partial charge >= 0.3 is 0 Å². The number of nitrogens with zero attached hydrogens (tertiary/aromatic N) is 7. The van der Waals surface area contributed by atoms with Gasteiger partial charge in [-0.15, -0.1) is 0 Å². The van der Waals surface area contributed by atoms with Crippen molar-refractivity contribution in [3.63, 3.8) is 0 Å². The number of piperidine rings is 1. The van der Waals surface area contributed by atoms with Crippen molar-refractivity contribution in [3.8, 4) is 11.1 Å². The van der Waals surface area contributed by atoms with Gasteiger partial charge in [0.05, 0.1) is 12.1 Å². The summed E-state index contributed by atoms with van der Waals surface area (Å²) < 4.78 is 8.11. The van der Waals surface area contributed by atoms with Crippen LogP contribution in [0.25, 0.3) is 22.0 Å². The van der Waals surface area contributed by atoms with E-state index in [1.54, 1.807) is 22.0 Å². The van der Waals surface area contributed by atoms with Crippen molar-refractivity contribution in [1.82, 2.24) is 34.5 Å². The first-order valence-electron chi connectivity index (χ1n) is 16.0. The molecule has 7 rings (SSSR count). The first-order chi connectivity index (χ1) is 22.6. The van der Waals surface area contributed by atoms with Crippen molar-refractivity contribution in [2.24, 2.45) is 5.41 Å². The largest absolute Gasteiger partial charge is 0.377 e. The molecule has 2 fully saturated rings. The number of aromatic nitrogens is 5. The second-order valence-electron chi connectivity index (χ2n) is 13.0. The van der Waals surface area contributed by atoms with Crippen LogP contribution in [0, 0.1) is 12.3 Å². The number of anilines is 1. The fraction of sp³-hybridized carbons (Fsp3) is 0.441. The summed E-state index contributed by atoms with van der Waals surface area (Å²) >= 11 is 3.43. The molecular formula is C34H37BrN8O4. The van der Waals surface area contributed by atoms with Gasteiger partial charge in [-0.25, -0.2) is 15.0 Å². The smallest absolute Gasteiger partial charge is 0.248 e. The average Bonchev–Trinajstić information content (AvgIpc) is 3.44.